The first-order chi connectivity index (χ1) is 15.1. The van der Waals surface area contributed by atoms with Crippen molar-refractivity contribution in [2.45, 2.75) is 13.0 Å². The zero-order chi connectivity index (χ0) is 21.8. The van der Waals surface area contributed by atoms with Crippen molar-refractivity contribution in [1.82, 2.24) is 24.6 Å². The molecule has 4 aromatic rings. The average molecular weight is 420 g/mol. The van der Waals surface area contributed by atoms with E-state index in [0.29, 0.717) is 34.2 Å². The lowest BCUT2D eigenvalue weighted by atomic mass is 10.1. The first-order valence-electron chi connectivity index (χ1n) is 9.51. The van der Waals surface area contributed by atoms with Crippen LogP contribution in [-0.4, -0.2) is 60.0 Å². The Balaban J connectivity index is 1.70. The van der Waals surface area contributed by atoms with Gasteiger partial charge in [-0.15, -0.1) is 0 Å². The number of aromatic nitrogens is 5. The van der Waals surface area contributed by atoms with Gasteiger partial charge in [0.15, 0.2) is 17.2 Å². The summed E-state index contributed by atoms with van der Waals surface area (Å²) in [6, 6.07) is 10.7. The van der Waals surface area contributed by atoms with Crippen LogP contribution in [0.2, 0.25) is 0 Å². The number of nitrogens with zero attached hydrogens (tertiary/aromatic N) is 5. The van der Waals surface area contributed by atoms with E-state index >= 15 is 0 Å². The molecule has 0 spiro atoms. The third-order valence-electron chi connectivity index (χ3n) is 4.48. The Morgan fingerprint density at radius 3 is 2.84 bits per heavy atom. The predicted octanol–water partition coefficient (Wildman–Crippen LogP) is 1.48. The molecule has 3 heterocycles. The van der Waals surface area contributed by atoms with E-state index in [-0.39, 0.29) is 12.3 Å². The zero-order valence-corrected chi connectivity index (χ0v) is 16.6. The number of fused-ring (bicyclic) bond motifs is 1. The molecule has 1 atom stereocenters. The first-order valence-corrected chi connectivity index (χ1v) is 9.51. The molecule has 0 saturated carbocycles. The Morgan fingerprint density at radius 2 is 2.06 bits per heavy atom. The number of para-hydroxylation sites is 1. The number of carbonyl (C=O) groups excluding carboxylic acids is 1. The summed E-state index contributed by atoms with van der Waals surface area (Å²) in [5.74, 6) is 0.397. The van der Waals surface area contributed by atoms with Crippen LogP contribution in [0, 0.1) is 6.92 Å². The summed E-state index contributed by atoms with van der Waals surface area (Å²) < 4.78 is 7.12. The van der Waals surface area contributed by atoms with Gasteiger partial charge in [0.05, 0.1) is 24.2 Å². The highest BCUT2D eigenvalue weighted by molar-refractivity contribution is 6.03. The molecule has 0 aliphatic carbocycles. The first kappa shape index (κ1) is 20.4. The second-order valence-corrected chi connectivity index (χ2v) is 6.72. The van der Waals surface area contributed by atoms with Crippen LogP contribution >= 0.6 is 0 Å². The molecule has 3 N–H and O–H groups in total. The lowest BCUT2D eigenvalue weighted by Crippen LogP contribution is -2.21. The minimum Gasteiger partial charge on any atom is -0.490 e. The van der Waals surface area contributed by atoms with Crippen LogP contribution < -0.4 is 10.1 Å². The van der Waals surface area contributed by atoms with Crippen LogP contribution in [-0.2, 0) is 0 Å². The van der Waals surface area contributed by atoms with Gasteiger partial charge in [-0.2, -0.15) is 5.10 Å². The molecule has 3 aromatic heterocycles. The van der Waals surface area contributed by atoms with Gasteiger partial charge in [-0.3, -0.25) is 9.78 Å². The van der Waals surface area contributed by atoms with Crippen molar-refractivity contribution in [3.05, 3.63) is 66.4 Å². The molecule has 0 aliphatic rings. The van der Waals surface area contributed by atoms with Crippen molar-refractivity contribution in [3.8, 4) is 17.0 Å². The maximum absolute atomic E-state index is 12.9. The summed E-state index contributed by atoms with van der Waals surface area (Å²) >= 11 is 0. The number of benzene rings is 1. The van der Waals surface area contributed by atoms with Crippen LogP contribution in [0.4, 0.5) is 5.82 Å². The highest BCUT2D eigenvalue weighted by Gasteiger charge is 2.20. The molecule has 31 heavy (non-hydrogen) atoms. The maximum atomic E-state index is 12.9. The third-order valence-corrected chi connectivity index (χ3v) is 4.48. The number of rotatable bonds is 7. The predicted molar refractivity (Wildman–Crippen MR) is 112 cm³/mol. The Bertz CT molecular complexity index is 1210. The van der Waals surface area contributed by atoms with Gasteiger partial charge in [-0.05, 0) is 31.2 Å². The summed E-state index contributed by atoms with van der Waals surface area (Å²) in [5, 5.41) is 25.9. The number of imidazole rings is 1. The topological polar surface area (TPSA) is 135 Å². The van der Waals surface area contributed by atoms with Crippen LogP contribution in [0.15, 0.2) is 55.0 Å². The van der Waals surface area contributed by atoms with E-state index in [1.54, 1.807) is 31.2 Å². The van der Waals surface area contributed by atoms with Crippen molar-refractivity contribution in [2.75, 3.05) is 18.5 Å². The number of nitrogens with one attached hydrogen (secondary N) is 1. The fourth-order valence-electron chi connectivity index (χ4n) is 3.03. The van der Waals surface area contributed by atoms with Crippen molar-refractivity contribution in [3.63, 3.8) is 0 Å². The molecule has 0 unspecified atom stereocenters. The number of aryl methyl sites for hydroxylation is 1. The second kappa shape index (κ2) is 8.86. The fraction of sp³-hybridized carbons (Fsp3) is 0.190. The number of aliphatic hydroxyl groups excluding tert-OH is 2. The molecular weight excluding hydrogens is 400 g/mol. The summed E-state index contributed by atoms with van der Waals surface area (Å²) in [7, 11) is 0. The van der Waals surface area contributed by atoms with E-state index in [9.17, 15) is 9.90 Å². The van der Waals surface area contributed by atoms with E-state index in [2.05, 4.69) is 25.4 Å². The molecule has 0 aliphatic heterocycles. The minimum atomic E-state index is -0.990. The van der Waals surface area contributed by atoms with Gasteiger partial charge in [0, 0.05) is 18.0 Å². The Hall–Kier alpha value is -3.89. The molecule has 0 bridgehead atoms. The van der Waals surface area contributed by atoms with E-state index in [1.807, 2.05) is 12.1 Å². The minimum absolute atomic E-state index is 0.0638. The van der Waals surface area contributed by atoms with E-state index < -0.39 is 18.6 Å². The van der Waals surface area contributed by atoms with Gasteiger partial charge < -0.3 is 20.3 Å². The summed E-state index contributed by atoms with van der Waals surface area (Å²) in [5.41, 5.74) is 2.52. The molecule has 10 nitrogen and oxygen atoms in total. The molecule has 0 saturated heterocycles. The Morgan fingerprint density at radius 1 is 1.23 bits per heavy atom. The monoisotopic (exact) mass is 420 g/mol. The molecule has 158 valence electrons. The number of ether oxygens (including phenoxy) is 1. The molecule has 1 amide bonds. The fourth-order valence-corrected chi connectivity index (χ4v) is 3.03. The number of anilines is 1. The van der Waals surface area contributed by atoms with Gasteiger partial charge in [-0.1, -0.05) is 12.1 Å². The summed E-state index contributed by atoms with van der Waals surface area (Å²) in [6.07, 6.45) is 3.46. The zero-order valence-electron chi connectivity index (χ0n) is 16.6. The Labute approximate surface area is 177 Å². The van der Waals surface area contributed by atoms with E-state index in [1.165, 1.54) is 23.1 Å². The molecule has 4 rings (SSSR count). The maximum Gasteiger partial charge on any atom is 0.277 e. The largest absolute Gasteiger partial charge is 0.490 e. The van der Waals surface area contributed by atoms with Crippen LogP contribution in [0.1, 0.15) is 16.2 Å². The lowest BCUT2D eigenvalue weighted by molar-refractivity contribution is 0.0538. The number of hydrogen-bond donors (Lipinski definition) is 3. The summed E-state index contributed by atoms with van der Waals surface area (Å²) in [6.45, 7) is 1.27. The molecule has 1 aromatic carbocycles. The van der Waals surface area contributed by atoms with Crippen molar-refractivity contribution in [1.29, 1.82) is 0 Å². The van der Waals surface area contributed by atoms with Crippen LogP contribution in [0.25, 0.3) is 16.9 Å². The average Bonchev–Trinajstić information content (AvgIpc) is 3.13. The van der Waals surface area contributed by atoms with Crippen molar-refractivity contribution >= 4 is 17.4 Å². The normalized spacial score (nSPS) is 12.0. The third kappa shape index (κ3) is 4.34. The van der Waals surface area contributed by atoms with Crippen LogP contribution in [0.3, 0.4) is 0 Å². The summed E-state index contributed by atoms with van der Waals surface area (Å²) in [4.78, 5) is 25.3. The molecule has 10 heteroatoms. The second-order valence-electron chi connectivity index (χ2n) is 6.72. The van der Waals surface area contributed by atoms with Gasteiger partial charge >= 0.3 is 0 Å². The number of amides is 1. The van der Waals surface area contributed by atoms with E-state index in [4.69, 9.17) is 9.84 Å². The number of carbonyl (C=O) groups is 1. The van der Waals surface area contributed by atoms with Crippen molar-refractivity contribution < 1.29 is 19.7 Å². The lowest BCUT2D eigenvalue weighted by Gasteiger charge is -2.13. The smallest absolute Gasteiger partial charge is 0.277 e. The number of hydrogen-bond acceptors (Lipinski definition) is 8. The van der Waals surface area contributed by atoms with Gasteiger partial charge in [0.1, 0.15) is 18.5 Å². The Kier molecular flexibility index (Phi) is 5.83. The highest BCUT2D eigenvalue weighted by atomic mass is 16.5. The molecule has 0 fully saturated rings. The quantitative estimate of drug-likeness (QED) is 0.409. The van der Waals surface area contributed by atoms with Crippen LogP contribution in [0.5, 0.6) is 5.75 Å². The molecular formula is C21H20N6O4. The molecule has 0 radical (unpaired) electrons. The van der Waals surface area contributed by atoms with Gasteiger partial charge in [-0.25, -0.2) is 14.5 Å². The van der Waals surface area contributed by atoms with Gasteiger partial charge in [0.25, 0.3) is 5.91 Å². The SMILES string of the molecule is Cc1nc2ccc(-c3ccccc3OC[C@H](O)CO)nn2c1C(=O)Nc1cnccn1. The van der Waals surface area contributed by atoms with E-state index in [0.717, 1.165) is 0 Å². The standard InChI is InChI=1S/C21H20N6O4/c1-13-20(21(30)25-18-10-22-8-9-23-18)27-19(24-13)7-6-16(26-27)15-4-2-3-5-17(15)31-12-14(29)11-28/h2-10,14,28-29H,11-12H2,1H3,(H,23,25,30)/t14-/m1/s1. The van der Waals surface area contributed by atoms with Crippen molar-refractivity contribution in [2.24, 2.45) is 0 Å². The highest BCUT2D eigenvalue weighted by Crippen LogP contribution is 2.29. The van der Waals surface area contributed by atoms with Gasteiger partial charge in [0.2, 0.25) is 0 Å². The number of aliphatic hydroxyl groups is 2.